The van der Waals surface area contributed by atoms with Gasteiger partial charge in [0, 0.05) is 19.0 Å². The fourth-order valence-corrected chi connectivity index (χ4v) is 3.41. The Balaban J connectivity index is 1.55. The molecular formula is C18H24N4O2S. The second-order valence-electron chi connectivity index (χ2n) is 6.56. The molecule has 1 aliphatic heterocycles. The zero-order valence-corrected chi connectivity index (χ0v) is 15.4. The third-order valence-corrected chi connectivity index (χ3v) is 4.74. The van der Waals surface area contributed by atoms with Crippen LogP contribution in [0.25, 0.3) is 0 Å². The molecule has 1 atom stereocenters. The first kappa shape index (κ1) is 17.8. The average Bonchev–Trinajstić information content (AvgIpc) is 2.96. The molecule has 0 bridgehead atoms. The maximum atomic E-state index is 12.3. The van der Waals surface area contributed by atoms with Gasteiger partial charge in [-0.1, -0.05) is 38.1 Å². The number of benzene rings is 1. The topological polar surface area (TPSA) is 71.9 Å². The van der Waals surface area contributed by atoms with E-state index < -0.39 is 0 Å². The number of carbonyl (C=O) groups is 1. The van der Waals surface area contributed by atoms with Crippen LogP contribution in [0.2, 0.25) is 0 Å². The molecule has 0 spiro atoms. The number of H-pyrrole nitrogens is 1. The summed E-state index contributed by atoms with van der Waals surface area (Å²) in [6.45, 7) is 5.92. The third kappa shape index (κ3) is 4.16. The minimum atomic E-state index is -0.160. The van der Waals surface area contributed by atoms with Crippen molar-refractivity contribution >= 4 is 18.1 Å². The zero-order chi connectivity index (χ0) is 17.8. The standard InChI is InChI=1S/C18H24N4O2S/c1-12(2)17-20-21-18(25)22(17)9-8-19-16(23)11-15-14-6-4-3-5-13(14)7-10-24-15/h3-6,12,15H,7-11H2,1-2H3,(H,19,23)(H,21,25). The van der Waals surface area contributed by atoms with Gasteiger partial charge in [0.2, 0.25) is 5.91 Å². The summed E-state index contributed by atoms with van der Waals surface area (Å²) in [5.74, 6) is 1.17. The highest BCUT2D eigenvalue weighted by molar-refractivity contribution is 7.71. The summed E-state index contributed by atoms with van der Waals surface area (Å²) in [5, 5.41) is 10.0. The molecule has 0 radical (unpaired) electrons. The number of hydrogen-bond donors (Lipinski definition) is 2. The quantitative estimate of drug-likeness (QED) is 0.777. The maximum absolute atomic E-state index is 12.3. The molecule has 1 aromatic carbocycles. The van der Waals surface area contributed by atoms with Crippen molar-refractivity contribution in [3.8, 4) is 0 Å². The number of ether oxygens (including phenoxy) is 1. The van der Waals surface area contributed by atoms with Gasteiger partial charge in [-0.15, -0.1) is 0 Å². The minimum absolute atomic E-state index is 0.0113. The molecule has 1 aromatic heterocycles. The number of amides is 1. The molecular weight excluding hydrogens is 336 g/mol. The van der Waals surface area contributed by atoms with Crippen LogP contribution in [-0.2, 0) is 22.5 Å². The maximum Gasteiger partial charge on any atom is 0.223 e. The molecule has 7 heteroatoms. The third-order valence-electron chi connectivity index (χ3n) is 4.42. The van der Waals surface area contributed by atoms with Crippen molar-refractivity contribution in [3.63, 3.8) is 0 Å². The van der Waals surface area contributed by atoms with Gasteiger partial charge in [0.05, 0.1) is 19.1 Å². The summed E-state index contributed by atoms with van der Waals surface area (Å²) < 4.78 is 8.32. The normalized spacial score (nSPS) is 16.7. The molecule has 134 valence electrons. The molecule has 0 saturated heterocycles. The molecule has 2 aromatic rings. The largest absolute Gasteiger partial charge is 0.373 e. The molecule has 3 rings (SSSR count). The molecule has 0 aliphatic carbocycles. The number of hydrogen-bond acceptors (Lipinski definition) is 4. The fourth-order valence-electron chi connectivity index (χ4n) is 3.18. The lowest BCUT2D eigenvalue weighted by atomic mass is 9.96. The van der Waals surface area contributed by atoms with E-state index in [4.69, 9.17) is 17.0 Å². The first-order valence-corrected chi connectivity index (χ1v) is 9.08. The molecule has 0 saturated carbocycles. The second kappa shape index (κ2) is 7.93. The Morgan fingerprint density at radius 2 is 2.28 bits per heavy atom. The van der Waals surface area contributed by atoms with Crippen LogP contribution in [0.1, 0.15) is 49.2 Å². The smallest absolute Gasteiger partial charge is 0.223 e. The van der Waals surface area contributed by atoms with Crippen LogP contribution >= 0.6 is 12.2 Å². The van der Waals surface area contributed by atoms with E-state index in [1.54, 1.807) is 0 Å². The van der Waals surface area contributed by atoms with Gasteiger partial charge < -0.3 is 14.6 Å². The number of nitrogens with one attached hydrogen (secondary N) is 2. The lowest BCUT2D eigenvalue weighted by molar-refractivity contribution is -0.124. The number of fused-ring (bicyclic) bond motifs is 1. The molecule has 25 heavy (non-hydrogen) atoms. The Morgan fingerprint density at radius 3 is 3.08 bits per heavy atom. The van der Waals surface area contributed by atoms with E-state index >= 15 is 0 Å². The van der Waals surface area contributed by atoms with Gasteiger partial charge in [0.15, 0.2) is 4.77 Å². The van der Waals surface area contributed by atoms with Gasteiger partial charge >= 0.3 is 0 Å². The Kier molecular flexibility index (Phi) is 5.65. The molecule has 2 heterocycles. The number of carbonyl (C=O) groups excluding carboxylic acids is 1. The van der Waals surface area contributed by atoms with Gasteiger partial charge in [-0.3, -0.25) is 9.89 Å². The van der Waals surface area contributed by atoms with Gasteiger partial charge in [-0.25, -0.2) is 0 Å². The molecule has 0 fully saturated rings. The summed E-state index contributed by atoms with van der Waals surface area (Å²) >= 11 is 5.26. The summed E-state index contributed by atoms with van der Waals surface area (Å²) in [6.07, 6.45) is 1.09. The highest BCUT2D eigenvalue weighted by Gasteiger charge is 2.22. The summed E-state index contributed by atoms with van der Waals surface area (Å²) in [4.78, 5) is 12.3. The van der Waals surface area contributed by atoms with Gasteiger partial charge in [0.25, 0.3) is 0 Å². The van der Waals surface area contributed by atoms with E-state index in [0.29, 0.717) is 30.9 Å². The van der Waals surface area contributed by atoms with Crippen molar-refractivity contribution in [2.45, 2.75) is 45.3 Å². The Bertz CT molecular complexity index is 796. The van der Waals surface area contributed by atoms with Crippen molar-refractivity contribution in [1.29, 1.82) is 0 Å². The Hall–Kier alpha value is -1.99. The van der Waals surface area contributed by atoms with Crippen LogP contribution in [0.5, 0.6) is 0 Å². The number of nitrogens with zero attached hydrogens (tertiary/aromatic N) is 2. The number of aromatic nitrogens is 3. The van der Waals surface area contributed by atoms with Crippen molar-refractivity contribution in [2.75, 3.05) is 13.2 Å². The van der Waals surface area contributed by atoms with Crippen LogP contribution < -0.4 is 5.32 Å². The monoisotopic (exact) mass is 360 g/mol. The highest BCUT2D eigenvalue weighted by Crippen LogP contribution is 2.29. The van der Waals surface area contributed by atoms with Gasteiger partial charge in [0.1, 0.15) is 5.82 Å². The Labute approximate surface area is 152 Å². The molecule has 1 unspecified atom stereocenters. The first-order chi connectivity index (χ1) is 12.1. The predicted octanol–water partition coefficient (Wildman–Crippen LogP) is 2.88. The number of aromatic amines is 1. The van der Waals surface area contributed by atoms with E-state index in [0.717, 1.165) is 17.8 Å². The second-order valence-corrected chi connectivity index (χ2v) is 6.94. The summed E-state index contributed by atoms with van der Waals surface area (Å²) in [5.41, 5.74) is 2.40. The summed E-state index contributed by atoms with van der Waals surface area (Å²) in [6, 6.07) is 8.18. The minimum Gasteiger partial charge on any atom is -0.373 e. The molecule has 2 N–H and O–H groups in total. The van der Waals surface area contributed by atoms with Crippen molar-refractivity contribution in [3.05, 3.63) is 46.0 Å². The van der Waals surface area contributed by atoms with Crippen LogP contribution in [0.4, 0.5) is 0 Å². The zero-order valence-electron chi connectivity index (χ0n) is 14.6. The van der Waals surface area contributed by atoms with Crippen LogP contribution in [-0.4, -0.2) is 33.8 Å². The average molecular weight is 360 g/mol. The van der Waals surface area contributed by atoms with Crippen molar-refractivity contribution in [2.24, 2.45) is 0 Å². The highest BCUT2D eigenvalue weighted by atomic mass is 32.1. The Morgan fingerprint density at radius 1 is 1.48 bits per heavy atom. The van der Waals surface area contributed by atoms with Crippen LogP contribution in [0, 0.1) is 4.77 Å². The lowest BCUT2D eigenvalue weighted by Gasteiger charge is -2.25. The SMILES string of the molecule is CC(C)c1n[nH]c(=S)n1CCNC(=O)CC1OCCc2ccccc21. The van der Waals surface area contributed by atoms with E-state index in [9.17, 15) is 4.79 Å². The number of rotatable bonds is 6. The van der Waals surface area contributed by atoms with Gasteiger partial charge in [-0.05, 0) is 29.8 Å². The predicted molar refractivity (Wildman–Crippen MR) is 98.0 cm³/mol. The fraction of sp³-hybridized carbons (Fsp3) is 0.500. The van der Waals surface area contributed by atoms with Crippen LogP contribution in [0.3, 0.4) is 0 Å². The molecule has 1 amide bonds. The molecule has 6 nitrogen and oxygen atoms in total. The van der Waals surface area contributed by atoms with E-state index in [1.165, 1.54) is 5.56 Å². The molecule has 1 aliphatic rings. The first-order valence-electron chi connectivity index (χ1n) is 8.67. The van der Waals surface area contributed by atoms with E-state index in [1.807, 2.05) is 22.8 Å². The van der Waals surface area contributed by atoms with Crippen molar-refractivity contribution in [1.82, 2.24) is 20.1 Å². The van der Waals surface area contributed by atoms with E-state index in [-0.39, 0.29) is 17.9 Å². The van der Waals surface area contributed by atoms with Crippen molar-refractivity contribution < 1.29 is 9.53 Å². The van der Waals surface area contributed by atoms with Gasteiger partial charge in [-0.2, -0.15) is 5.10 Å². The van der Waals surface area contributed by atoms with Crippen LogP contribution in [0.15, 0.2) is 24.3 Å². The van der Waals surface area contributed by atoms with E-state index in [2.05, 4.69) is 35.4 Å². The lowest BCUT2D eigenvalue weighted by Crippen LogP contribution is -2.30. The summed E-state index contributed by atoms with van der Waals surface area (Å²) in [7, 11) is 0.